The second kappa shape index (κ2) is 8.68. The molecule has 2 aromatic carbocycles. The number of aromatic nitrogens is 3. The lowest BCUT2D eigenvalue weighted by atomic mass is 10.0. The molecule has 0 aliphatic rings. The van der Waals surface area contributed by atoms with E-state index in [0.717, 1.165) is 28.8 Å². The van der Waals surface area contributed by atoms with Crippen molar-refractivity contribution in [1.29, 1.82) is 5.26 Å². The number of hydrogen-bond donors (Lipinski definition) is 0. The molecule has 13 heteroatoms. The molecule has 0 unspecified atom stereocenters. The number of benzene rings is 2. The predicted octanol–water partition coefficient (Wildman–Crippen LogP) is 6.40. The number of rotatable bonds is 5. The summed E-state index contributed by atoms with van der Waals surface area (Å²) in [4.78, 5) is 3.97. The second-order valence-electron chi connectivity index (χ2n) is 7.54. The van der Waals surface area contributed by atoms with Gasteiger partial charge in [0, 0.05) is 34.6 Å². The van der Waals surface area contributed by atoms with Gasteiger partial charge >= 0.3 is 12.4 Å². The van der Waals surface area contributed by atoms with E-state index in [1.165, 1.54) is 12.1 Å². The molecule has 4 aromatic rings. The molecule has 182 valence electrons. The Balaban J connectivity index is 1.81. The number of hydrogen-bond acceptors (Lipinski definition) is 4. The predicted molar refractivity (Wildman–Crippen MR) is 105 cm³/mol. The summed E-state index contributed by atoms with van der Waals surface area (Å²) in [6, 6.07) is 6.96. The first kappa shape index (κ1) is 24.2. The molecular formula is C22H12F8N4O. The van der Waals surface area contributed by atoms with Crippen LogP contribution in [-0.4, -0.2) is 20.9 Å². The Morgan fingerprint density at radius 3 is 2.26 bits per heavy atom. The molecule has 0 amide bonds. The highest BCUT2D eigenvalue weighted by Gasteiger charge is 2.37. The molecule has 0 N–H and O–H groups in total. The van der Waals surface area contributed by atoms with Crippen LogP contribution in [0.1, 0.15) is 29.1 Å². The van der Waals surface area contributed by atoms with Crippen molar-refractivity contribution >= 4 is 10.9 Å². The normalized spacial score (nSPS) is 12.3. The van der Waals surface area contributed by atoms with Crippen molar-refractivity contribution in [2.45, 2.75) is 31.7 Å². The summed E-state index contributed by atoms with van der Waals surface area (Å²) in [6.45, 7) is -0.402. The third kappa shape index (κ3) is 5.11. The standard InChI is InChI=1S/C22H12F8N4O/c23-13-5-12(6-14(24)7-13)20-32-18(33-35-20)10-34-15(3-4-21(25,26)27)8-16-17(34)2-1-11(9-31)19(16)22(28,29)30/h1-2,5-8H,3-4,10H2. The summed E-state index contributed by atoms with van der Waals surface area (Å²) in [5, 5.41) is 12.3. The summed E-state index contributed by atoms with van der Waals surface area (Å²) in [7, 11) is 0. The van der Waals surface area contributed by atoms with Crippen LogP contribution in [0.5, 0.6) is 0 Å². The zero-order chi connectivity index (χ0) is 25.5. The zero-order valence-electron chi connectivity index (χ0n) is 17.3. The topological polar surface area (TPSA) is 67.6 Å². The maximum Gasteiger partial charge on any atom is 0.418 e. The number of aryl methyl sites for hydroxylation is 1. The van der Waals surface area contributed by atoms with Gasteiger partial charge in [-0.25, -0.2) is 8.78 Å². The van der Waals surface area contributed by atoms with Crippen molar-refractivity contribution in [3.05, 3.63) is 70.7 Å². The Kier molecular flexibility index (Phi) is 6.00. The molecule has 0 aliphatic carbocycles. The minimum atomic E-state index is -4.95. The molecule has 0 atom stereocenters. The molecular weight excluding hydrogens is 488 g/mol. The monoisotopic (exact) mass is 500 g/mol. The molecule has 0 spiro atoms. The highest BCUT2D eigenvalue weighted by Crippen LogP contribution is 2.39. The zero-order valence-corrected chi connectivity index (χ0v) is 17.3. The maximum absolute atomic E-state index is 13.7. The van der Waals surface area contributed by atoms with E-state index >= 15 is 0 Å². The molecule has 4 rings (SSSR count). The first-order valence-electron chi connectivity index (χ1n) is 9.84. The molecule has 0 saturated carbocycles. The van der Waals surface area contributed by atoms with Crippen LogP contribution >= 0.6 is 0 Å². The molecule has 0 bridgehead atoms. The van der Waals surface area contributed by atoms with Crippen LogP contribution < -0.4 is 0 Å². The molecule has 2 heterocycles. The minimum absolute atomic E-state index is 0.100. The fraction of sp³-hybridized carbons (Fsp3) is 0.227. The molecule has 35 heavy (non-hydrogen) atoms. The summed E-state index contributed by atoms with van der Waals surface area (Å²) < 4.78 is 113. The molecule has 0 radical (unpaired) electrons. The minimum Gasteiger partial charge on any atom is -0.337 e. The Morgan fingerprint density at radius 1 is 0.971 bits per heavy atom. The van der Waals surface area contributed by atoms with Gasteiger partial charge in [0.15, 0.2) is 5.82 Å². The van der Waals surface area contributed by atoms with Crippen molar-refractivity contribution in [1.82, 2.24) is 14.7 Å². The van der Waals surface area contributed by atoms with Gasteiger partial charge in [-0.2, -0.15) is 36.6 Å². The summed E-state index contributed by atoms with van der Waals surface area (Å²) >= 11 is 0. The van der Waals surface area contributed by atoms with Gasteiger partial charge in [-0.3, -0.25) is 0 Å². The van der Waals surface area contributed by atoms with Crippen LogP contribution in [-0.2, 0) is 19.1 Å². The van der Waals surface area contributed by atoms with Crippen molar-refractivity contribution < 1.29 is 39.6 Å². The smallest absolute Gasteiger partial charge is 0.337 e. The fourth-order valence-corrected chi connectivity index (χ4v) is 3.71. The summed E-state index contributed by atoms with van der Waals surface area (Å²) in [6.07, 6.45) is -11.5. The van der Waals surface area contributed by atoms with E-state index in [4.69, 9.17) is 9.78 Å². The fourth-order valence-electron chi connectivity index (χ4n) is 3.71. The lowest BCUT2D eigenvalue weighted by Crippen LogP contribution is -2.12. The van der Waals surface area contributed by atoms with Crippen molar-refractivity contribution in [2.24, 2.45) is 0 Å². The molecule has 0 aliphatic heterocycles. The lowest BCUT2D eigenvalue weighted by Gasteiger charge is -2.12. The van der Waals surface area contributed by atoms with E-state index < -0.39 is 59.9 Å². The largest absolute Gasteiger partial charge is 0.418 e. The maximum atomic E-state index is 13.7. The first-order valence-corrected chi connectivity index (χ1v) is 9.84. The van der Waals surface area contributed by atoms with E-state index in [1.807, 2.05) is 0 Å². The number of fused-ring (bicyclic) bond motifs is 1. The molecule has 5 nitrogen and oxygen atoms in total. The van der Waals surface area contributed by atoms with Crippen molar-refractivity contribution in [2.75, 3.05) is 0 Å². The number of alkyl halides is 6. The average Bonchev–Trinajstić information content (AvgIpc) is 3.34. The van der Waals surface area contributed by atoms with Crippen molar-refractivity contribution in [3.8, 4) is 17.5 Å². The van der Waals surface area contributed by atoms with Gasteiger partial charge in [0.2, 0.25) is 0 Å². The Labute approximate surface area is 191 Å². The quantitative estimate of drug-likeness (QED) is 0.298. The third-order valence-corrected chi connectivity index (χ3v) is 5.12. The van der Waals surface area contributed by atoms with Crippen LogP contribution in [0.25, 0.3) is 22.4 Å². The molecule has 0 saturated heterocycles. The van der Waals surface area contributed by atoms with Crippen LogP contribution in [0.2, 0.25) is 0 Å². The van der Waals surface area contributed by atoms with Gasteiger partial charge in [-0.05, 0) is 36.8 Å². The lowest BCUT2D eigenvalue weighted by molar-refractivity contribution is -0.136. The van der Waals surface area contributed by atoms with E-state index in [-0.39, 0.29) is 28.5 Å². The Hall–Kier alpha value is -3.95. The second-order valence-corrected chi connectivity index (χ2v) is 7.54. The van der Waals surface area contributed by atoms with Gasteiger partial charge in [0.1, 0.15) is 11.6 Å². The van der Waals surface area contributed by atoms with Gasteiger partial charge in [0.25, 0.3) is 5.89 Å². The van der Waals surface area contributed by atoms with E-state index in [0.29, 0.717) is 6.07 Å². The summed E-state index contributed by atoms with van der Waals surface area (Å²) in [5.74, 6) is -2.29. The van der Waals surface area contributed by atoms with Crippen LogP contribution in [0.4, 0.5) is 35.1 Å². The van der Waals surface area contributed by atoms with Gasteiger partial charge in [0.05, 0.1) is 23.7 Å². The van der Waals surface area contributed by atoms with E-state index in [9.17, 15) is 35.1 Å². The van der Waals surface area contributed by atoms with E-state index in [1.54, 1.807) is 0 Å². The highest BCUT2D eigenvalue weighted by molar-refractivity contribution is 5.87. The number of nitriles is 1. The van der Waals surface area contributed by atoms with E-state index in [2.05, 4.69) is 10.1 Å². The SMILES string of the molecule is N#Cc1ccc2c(cc(CCC(F)(F)F)n2Cc2noc(-c3cc(F)cc(F)c3)n2)c1C(F)(F)F. The van der Waals surface area contributed by atoms with Crippen LogP contribution in [0.3, 0.4) is 0 Å². The van der Waals surface area contributed by atoms with Gasteiger partial charge in [-0.15, -0.1) is 0 Å². The van der Waals surface area contributed by atoms with Crippen LogP contribution in [0.15, 0.2) is 40.9 Å². The van der Waals surface area contributed by atoms with Crippen molar-refractivity contribution in [3.63, 3.8) is 0 Å². The van der Waals surface area contributed by atoms with Gasteiger partial charge in [-0.1, -0.05) is 5.16 Å². The molecule has 0 fully saturated rings. The number of nitrogens with zero attached hydrogens (tertiary/aromatic N) is 4. The third-order valence-electron chi connectivity index (χ3n) is 5.12. The first-order chi connectivity index (χ1) is 16.4. The summed E-state index contributed by atoms with van der Waals surface area (Å²) in [5.41, 5.74) is -2.26. The average molecular weight is 500 g/mol. The Bertz CT molecular complexity index is 1420. The number of halogens is 8. The molecule has 2 aromatic heterocycles. The van der Waals surface area contributed by atoms with Gasteiger partial charge < -0.3 is 9.09 Å². The van der Waals surface area contributed by atoms with Crippen LogP contribution in [0, 0.1) is 23.0 Å². The highest BCUT2D eigenvalue weighted by atomic mass is 19.4. The Morgan fingerprint density at radius 2 is 1.66 bits per heavy atom.